The molecule has 4 N–H and O–H groups in total. The lowest BCUT2D eigenvalue weighted by Crippen LogP contribution is -2.35. The van der Waals surface area contributed by atoms with Crippen molar-refractivity contribution in [2.75, 3.05) is 13.2 Å². The highest BCUT2D eigenvalue weighted by Crippen LogP contribution is 2.13. The topological polar surface area (TPSA) is 116 Å². The summed E-state index contributed by atoms with van der Waals surface area (Å²) in [7, 11) is 0. The number of hydroxylamine groups is 1. The zero-order valence-electron chi connectivity index (χ0n) is 17.4. The predicted molar refractivity (Wildman–Crippen MR) is 108 cm³/mol. The summed E-state index contributed by atoms with van der Waals surface area (Å²) in [5.74, 6) is -0.970. The Morgan fingerprint density at radius 3 is 1.46 bits per heavy atom. The molecule has 1 unspecified atom stereocenters. The van der Waals surface area contributed by atoms with Gasteiger partial charge in [-0.25, -0.2) is 0 Å². The fourth-order valence-electron chi connectivity index (χ4n) is 3.06. The van der Waals surface area contributed by atoms with Crippen LogP contribution in [0, 0.1) is 0 Å². The summed E-state index contributed by atoms with van der Waals surface area (Å²) in [4.78, 5) is 21.9. The van der Waals surface area contributed by atoms with Crippen LogP contribution in [0.2, 0.25) is 0 Å². The average molecular weight is 404 g/mol. The summed E-state index contributed by atoms with van der Waals surface area (Å²) in [6.45, 7) is -0.297. The molecule has 166 valence electrons. The SMILES string of the molecule is O=C(O)CCCCCCCCCCCCCCCCC(=O)OCC(CO)NO. The summed E-state index contributed by atoms with van der Waals surface area (Å²) < 4.78 is 4.97. The summed E-state index contributed by atoms with van der Waals surface area (Å²) in [5.41, 5.74) is 1.89. The molecule has 0 aliphatic heterocycles. The quantitative estimate of drug-likeness (QED) is 0.129. The summed E-state index contributed by atoms with van der Waals surface area (Å²) in [6.07, 6.45) is 16.8. The molecule has 0 aliphatic carbocycles. The third-order valence-electron chi connectivity index (χ3n) is 4.87. The summed E-state index contributed by atoms with van der Waals surface area (Å²) >= 11 is 0. The molecule has 0 amide bonds. The van der Waals surface area contributed by atoms with Gasteiger partial charge in [0.2, 0.25) is 0 Å². The Balaban J connectivity index is 3.19. The van der Waals surface area contributed by atoms with Crippen LogP contribution >= 0.6 is 0 Å². The molecule has 7 nitrogen and oxygen atoms in total. The van der Waals surface area contributed by atoms with Gasteiger partial charge in [-0.1, -0.05) is 77.0 Å². The molecule has 0 aliphatic rings. The number of rotatable bonds is 21. The van der Waals surface area contributed by atoms with Crippen LogP contribution in [0.15, 0.2) is 0 Å². The first-order valence-corrected chi connectivity index (χ1v) is 11.0. The number of aliphatic hydroxyl groups is 1. The van der Waals surface area contributed by atoms with Gasteiger partial charge in [0.05, 0.1) is 12.6 Å². The Kier molecular flexibility index (Phi) is 19.7. The third kappa shape index (κ3) is 19.6. The molecule has 0 saturated carbocycles. The second kappa shape index (κ2) is 20.6. The zero-order chi connectivity index (χ0) is 20.9. The van der Waals surface area contributed by atoms with Gasteiger partial charge in [0.15, 0.2) is 0 Å². The van der Waals surface area contributed by atoms with Crippen LogP contribution in [-0.4, -0.2) is 46.6 Å². The van der Waals surface area contributed by atoms with Crippen LogP contribution in [0.5, 0.6) is 0 Å². The number of hydrogen-bond acceptors (Lipinski definition) is 6. The Labute approximate surface area is 169 Å². The first kappa shape index (κ1) is 26.8. The Bertz CT molecular complexity index is 374. The van der Waals surface area contributed by atoms with Crippen LogP contribution in [0.4, 0.5) is 0 Å². The van der Waals surface area contributed by atoms with Crippen molar-refractivity contribution in [1.82, 2.24) is 5.48 Å². The Morgan fingerprint density at radius 2 is 1.11 bits per heavy atom. The smallest absolute Gasteiger partial charge is 0.305 e. The van der Waals surface area contributed by atoms with Crippen LogP contribution in [0.3, 0.4) is 0 Å². The first-order valence-electron chi connectivity index (χ1n) is 11.0. The molecular weight excluding hydrogens is 362 g/mol. The van der Waals surface area contributed by atoms with Gasteiger partial charge in [-0.2, -0.15) is 5.48 Å². The second-order valence-corrected chi connectivity index (χ2v) is 7.54. The summed E-state index contributed by atoms with van der Waals surface area (Å²) in [6, 6.07) is -0.618. The lowest BCUT2D eigenvalue weighted by atomic mass is 10.0. The van der Waals surface area contributed by atoms with Crippen LogP contribution in [0.25, 0.3) is 0 Å². The van der Waals surface area contributed by atoms with E-state index in [4.69, 9.17) is 20.2 Å². The number of nitrogens with one attached hydrogen (secondary N) is 1. The molecule has 0 aromatic heterocycles. The van der Waals surface area contributed by atoms with E-state index in [1.807, 2.05) is 5.48 Å². The van der Waals surface area contributed by atoms with Crippen molar-refractivity contribution in [2.24, 2.45) is 0 Å². The van der Waals surface area contributed by atoms with Crippen molar-refractivity contribution in [3.8, 4) is 0 Å². The standard InChI is InChI=1S/C21H41NO6/c23-17-19(22-27)18-28-21(26)16-14-12-10-8-6-4-2-1-3-5-7-9-11-13-15-20(24)25/h19,22-23,27H,1-18H2,(H,24,25). The van der Waals surface area contributed by atoms with Crippen molar-refractivity contribution in [3.63, 3.8) is 0 Å². The number of unbranched alkanes of at least 4 members (excludes halogenated alkanes) is 13. The Morgan fingerprint density at radius 1 is 0.714 bits per heavy atom. The molecule has 0 bridgehead atoms. The first-order chi connectivity index (χ1) is 13.6. The van der Waals surface area contributed by atoms with E-state index in [2.05, 4.69) is 0 Å². The van der Waals surface area contributed by atoms with Gasteiger partial charge in [-0.05, 0) is 12.8 Å². The van der Waals surface area contributed by atoms with Crippen LogP contribution in [-0.2, 0) is 14.3 Å². The monoisotopic (exact) mass is 403 g/mol. The summed E-state index contributed by atoms with van der Waals surface area (Å²) in [5, 5.41) is 26.1. The average Bonchev–Trinajstić information content (AvgIpc) is 2.68. The van der Waals surface area contributed by atoms with Gasteiger partial charge in [0, 0.05) is 12.8 Å². The highest BCUT2D eigenvalue weighted by Gasteiger charge is 2.09. The molecule has 0 spiro atoms. The number of hydrogen-bond donors (Lipinski definition) is 4. The van der Waals surface area contributed by atoms with Crippen LogP contribution < -0.4 is 5.48 Å². The highest BCUT2D eigenvalue weighted by atomic mass is 16.5. The maximum atomic E-state index is 11.5. The Hall–Kier alpha value is -1.18. The molecule has 0 aromatic carbocycles. The van der Waals surface area contributed by atoms with Crippen LogP contribution in [0.1, 0.15) is 103 Å². The molecule has 0 aromatic rings. The zero-order valence-corrected chi connectivity index (χ0v) is 17.4. The second-order valence-electron chi connectivity index (χ2n) is 7.54. The van der Waals surface area contributed by atoms with Crippen molar-refractivity contribution in [1.29, 1.82) is 0 Å². The largest absolute Gasteiger partial charge is 0.481 e. The molecule has 0 radical (unpaired) electrons. The van der Waals surface area contributed by atoms with E-state index in [0.717, 1.165) is 38.5 Å². The lowest BCUT2D eigenvalue weighted by molar-refractivity contribution is -0.145. The molecule has 0 fully saturated rings. The molecule has 7 heteroatoms. The van der Waals surface area contributed by atoms with Crippen molar-refractivity contribution < 1.29 is 29.7 Å². The fourth-order valence-corrected chi connectivity index (χ4v) is 3.06. The van der Waals surface area contributed by atoms with E-state index in [1.54, 1.807) is 0 Å². The number of ether oxygens (including phenoxy) is 1. The van der Waals surface area contributed by atoms with Gasteiger partial charge in [-0.15, -0.1) is 0 Å². The number of carbonyl (C=O) groups excluding carboxylic acids is 1. The number of carboxylic acid groups (broad SMARTS) is 1. The highest BCUT2D eigenvalue weighted by molar-refractivity contribution is 5.69. The van der Waals surface area contributed by atoms with Crippen molar-refractivity contribution in [2.45, 2.75) is 109 Å². The predicted octanol–water partition coefficient (Wildman–Crippen LogP) is 4.20. The van der Waals surface area contributed by atoms with Gasteiger partial charge in [0.25, 0.3) is 0 Å². The normalized spacial score (nSPS) is 12.1. The lowest BCUT2D eigenvalue weighted by Gasteiger charge is -2.12. The molecule has 1 atom stereocenters. The minimum atomic E-state index is -0.688. The minimum absolute atomic E-state index is 0.0173. The van der Waals surface area contributed by atoms with Crippen molar-refractivity contribution >= 4 is 11.9 Å². The maximum Gasteiger partial charge on any atom is 0.305 e. The molecular formula is C21H41NO6. The van der Waals surface area contributed by atoms with Gasteiger partial charge >= 0.3 is 11.9 Å². The third-order valence-corrected chi connectivity index (χ3v) is 4.87. The van der Waals surface area contributed by atoms with E-state index in [-0.39, 0.29) is 19.2 Å². The van der Waals surface area contributed by atoms with Gasteiger partial charge in [-0.3, -0.25) is 9.59 Å². The molecule has 0 heterocycles. The van der Waals surface area contributed by atoms with E-state index >= 15 is 0 Å². The van der Waals surface area contributed by atoms with E-state index in [0.29, 0.717) is 12.8 Å². The molecule has 28 heavy (non-hydrogen) atoms. The van der Waals surface area contributed by atoms with Gasteiger partial charge < -0.3 is 20.2 Å². The number of aliphatic hydroxyl groups excluding tert-OH is 1. The maximum absolute atomic E-state index is 11.5. The van der Waals surface area contributed by atoms with E-state index in [9.17, 15) is 9.59 Å². The van der Waals surface area contributed by atoms with Crippen molar-refractivity contribution in [3.05, 3.63) is 0 Å². The number of carbonyl (C=O) groups is 2. The van der Waals surface area contributed by atoms with Gasteiger partial charge in [0.1, 0.15) is 6.61 Å². The number of carboxylic acids is 1. The molecule has 0 rings (SSSR count). The number of aliphatic carboxylic acids is 1. The minimum Gasteiger partial charge on any atom is -0.481 e. The van der Waals surface area contributed by atoms with E-state index in [1.165, 1.54) is 51.4 Å². The van der Waals surface area contributed by atoms with E-state index < -0.39 is 12.0 Å². The number of esters is 1. The fraction of sp³-hybridized carbons (Fsp3) is 0.905. The molecule has 0 saturated heterocycles.